The number of fused-ring (bicyclic) bond motifs is 1. The molecule has 0 fully saturated rings. The number of carbonyl (C=O) groups is 4. The molecule has 7 nitrogen and oxygen atoms in total. The van der Waals surface area contributed by atoms with E-state index in [1.54, 1.807) is 31.2 Å². The van der Waals surface area contributed by atoms with Gasteiger partial charge in [0.2, 0.25) is 11.8 Å². The molecule has 1 atom stereocenters. The minimum absolute atomic E-state index is 0.286. The molecule has 1 heterocycles. The van der Waals surface area contributed by atoms with Crippen molar-refractivity contribution >= 4 is 29.3 Å². The largest absolute Gasteiger partial charge is 0.330 e. The number of benzene rings is 2. The Balaban J connectivity index is 1.79. The molecule has 4 amide bonds. The van der Waals surface area contributed by atoms with Crippen molar-refractivity contribution in [2.24, 2.45) is 0 Å². The number of hydrogen-bond acceptors (Lipinski definition) is 4. The van der Waals surface area contributed by atoms with Gasteiger partial charge in [-0.1, -0.05) is 37.3 Å². The number of hydrogen-bond donors (Lipinski definition) is 1. The second-order valence-corrected chi connectivity index (χ2v) is 8.04. The number of para-hydroxylation sites is 1. The summed E-state index contributed by atoms with van der Waals surface area (Å²) in [4.78, 5) is 53.7. The fourth-order valence-electron chi connectivity index (χ4n) is 3.71. The van der Waals surface area contributed by atoms with Crippen molar-refractivity contribution in [3.63, 3.8) is 0 Å². The summed E-state index contributed by atoms with van der Waals surface area (Å²) < 4.78 is 0. The van der Waals surface area contributed by atoms with Crippen LogP contribution in [0.1, 0.15) is 52.1 Å². The second-order valence-electron chi connectivity index (χ2n) is 8.04. The zero-order valence-electron chi connectivity index (χ0n) is 18.5. The predicted octanol–water partition coefficient (Wildman–Crippen LogP) is 3.17. The molecule has 0 spiro atoms. The van der Waals surface area contributed by atoms with Crippen molar-refractivity contribution in [1.29, 1.82) is 0 Å². The Kier molecular flexibility index (Phi) is 5.97. The van der Waals surface area contributed by atoms with Gasteiger partial charge in [0.1, 0.15) is 12.1 Å². The zero-order valence-corrected chi connectivity index (χ0v) is 18.5. The summed E-state index contributed by atoms with van der Waals surface area (Å²) in [5.74, 6) is -1.82. The molecule has 31 heavy (non-hydrogen) atoms. The maximum atomic E-state index is 13.2. The van der Waals surface area contributed by atoms with Gasteiger partial charge >= 0.3 is 0 Å². The first-order valence-electron chi connectivity index (χ1n) is 10.2. The van der Waals surface area contributed by atoms with Crippen molar-refractivity contribution in [3.8, 4) is 0 Å². The molecule has 1 aliphatic rings. The number of carbonyl (C=O) groups excluding carboxylic acids is 4. The quantitative estimate of drug-likeness (QED) is 0.726. The van der Waals surface area contributed by atoms with Crippen LogP contribution >= 0.6 is 0 Å². The van der Waals surface area contributed by atoms with Crippen molar-refractivity contribution in [3.05, 3.63) is 64.7 Å². The van der Waals surface area contributed by atoms with Crippen LogP contribution in [0.3, 0.4) is 0 Å². The average molecular weight is 421 g/mol. The molecular formula is C24H27N3O4. The third-order valence-corrected chi connectivity index (χ3v) is 6.18. The van der Waals surface area contributed by atoms with Gasteiger partial charge in [-0.3, -0.25) is 24.1 Å². The molecule has 2 aromatic carbocycles. The molecule has 3 rings (SSSR count). The molecule has 0 radical (unpaired) electrons. The molecule has 1 N–H and O–H groups in total. The number of nitrogens with zero attached hydrogens (tertiary/aromatic N) is 2. The van der Waals surface area contributed by atoms with Crippen LogP contribution in [-0.2, 0) is 9.59 Å². The zero-order chi connectivity index (χ0) is 22.9. The Morgan fingerprint density at radius 3 is 1.97 bits per heavy atom. The fourth-order valence-corrected chi connectivity index (χ4v) is 3.71. The summed E-state index contributed by atoms with van der Waals surface area (Å²) >= 11 is 0. The molecule has 162 valence electrons. The SMILES string of the molecule is CC[C@](C)(C(=O)Nc1c(C)cccc1C)N(C)C(=O)CN1C(=O)c2ccccc2C1=O. The standard InChI is InChI=1S/C24H27N3O4/c1-6-24(4,23(31)25-20-15(2)10-9-11-16(20)3)26(5)19(28)14-27-21(29)17-12-7-8-13-18(17)22(27)30/h7-13H,6,14H2,1-5H3,(H,25,31)/t24-/m1/s1. The topological polar surface area (TPSA) is 86.8 Å². The monoisotopic (exact) mass is 421 g/mol. The van der Waals surface area contributed by atoms with Gasteiger partial charge in [-0.25, -0.2) is 0 Å². The molecule has 0 bridgehead atoms. The van der Waals surface area contributed by atoms with Crippen LogP contribution in [0.15, 0.2) is 42.5 Å². The predicted molar refractivity (Wildman–Crippen MR) is 118 cm³/mol. The van der Waals surface area contributed by atoms with Crippen LogP contribution in [0.2, 0.25) is 0 Å². The van der Waals surface area contributed by atoms with E-state index in [-0.39, 0.29) is 17.0 Å². The van der Waals surface area contributed by atoms with Crippen LogP contribution in [0, 0.1) is 13.8 Å². The molecule has 0 saturated heterocycles. The van der Waals surface area contributed by atoms with E-state index >= 15 is 0 Å². The Bertz CT molecular complexity index is 1020. The summed E-state index contributed by atoms with van der Waals surface area (Å²) in [6, 6.07) is 12.2. The van der Waals surface area contributed by atoms with Gasteiger partial charge in [0, 0.05) is 12.7 Å². The molecule has 1 aliphatic heterocycles. The maximum Gasteiger partial charge on any atom is 0.262 e. The van der Waals surface area contributed by atoms with Gasteiger partial charge in [-0.15, -0.1) is 0 Å². The Labute approximate surface area is 182 Å². The molecule has 0 aliphatic carbocycles. The molecule has 2 aromatic rings. The number of anilines is 1. The van der Waals surface area contributed by atoms with Crippen LogP contribution in [-0.4, -0.2) is 52.6 Å². The maximum absolute atomic E-state index is 13.2. The lowest BCUT2D eigenvalue weighted by atomic mass is 9.94. The number of aryl methyl sites for hydroxylation is 2. The van der Waals surface area contributed by atoms with Gasteiger partial charge in [0.15, 0.2) is 0 Å². The van der Waals surface area contributed by atoms with Crippen molar-refractivity contribution in [2.75, 3.05) is 18.9 Å². The molecule has 7 heteroatoms. The third-order valence-electron chi connectivity index (χ3n) is 6.18. The molecule has 0 saturated carbocycles. The highest BCUT2D eigenvalue weighted by molar-refractivity contribution is 6.22. The van der Waals surface area contributed by atoms with Gasteiger partial charge in [-0.2, -0.15) is 0 Å². The number of likely N-dealkylation sites (N-methyl/N-ethyl adjacent to an activating group) is 1. The van der Waals surface area contributed by atoms with Gasteiger partial charge in [-0.05, 0) is 50.5 Å². The second kappa shape index (κ2) is 8.34. The highest BCUT2D eigenvalue weighted by Gasteiger charge is 2.42. The lowest BCUT2D eigenvalue weighted by molar-refractivity contribution is -0.143. The van der Waals surface area contributed by atoms with E-state index in [0.717, 1.165) is 16.0 Å². The summed E-state index contributed by atoms with van der Waals surface area (Å²) in [5, 5.41) is 2.95. The van der Waals surface area contributed by atoms with E-state index in [1.165, 1.54) is 11.9 Å². The Morgan fingerprint density at radius 2 is 1.48 bits per heavy atom. The first-order chi connectivity index (χ1) is 14.6. The minimum atomic E-state index is -1.16. The Hall–Kier alpha value is -3.48. The number of rotatable bonds is 6. The average Bonchev–Trinajstić information content (AvgIpc) is 3.00. The normalized spacial score (nSPS) is 14.8. The van der Waals surface area contributed by atoms with Crippen LogP contribution < -0.4 is 5.32 Å². The van der Waals surface area contributed by atoms with Crippen molar-refractivity contribution < 1.29 is 19.2 Å². The molecule has 0 aromatic heterocycles. The van der Waals surface area contributed by atoms with Gasteiger partial charge in [0.25, 0.3) is 11.8 Å². The van der Waals surface area contributed by atoms with E-state index in [9.17, 15) is 19.2 Å². The summed E-state index contributed by atoms with van der Waals surface area (Å²) in [5.41, 5.74) is 1.97. The number of nitrogens with one attached hydrogen (secondary N) is 1. The lowest BCUT2D eigenvalue weighted by Gasteiger charge is -2.37. The molecule has 0 unspecified atom stereocenters. The Morgan fingerprint density at radius 1 is 0.968 bits per heavy atom. The summed E-state index contributed by atoms with van der Waals surface area (Å²) in [6.07, 6.45) is 0.355. The highest BCUT2D eigenvalue weighted by Crippen LogP contribution is 2.26. The molecular weight excluding hydrogens is 394 g/mol. The van der Waals surface area contributed by atoms with Crippen LogP contribution in [0.4, 0.5) is 5.69 Å². The highest BCUT2D eigenvalue weighted by atomic mass is 16.2. The van der Waals surface area contributed by atoms with E-state index in [0.29, 0.717) is 12.1 Å². The smallest absolute Gasteiger partial charge is 0.262 e. The minimum Gasteiger partial charge on any atom is -0.330 e. The number of imide groups is 1. The number of amides is 4. The first kappa shape index (κ1) is 22.2. The lowest BCUT2D eigenvalue weighted by Crippen LogP contribution is -2.57. The summed E-state index contributed by atoms with van der Waals surface area (Å²) in [6.45, 7) is 6.88. The first-order valence-corrected chi connectivity index (χ1v) is 10.2. The van der Waals surface area contributed by atoms with Gasteiger partial charge < -0.3 is 10.2 Å². The van der Waals surface area contributed by atoms with Crippen LogP contribution in [0.25, 0.3) is 0 Å². The summed E-state index contributed by atoms with van der Waals surface area (Å²) in [7, 11) is 1.52. The van der Waals surface area contributed by atoms with E-state index in [4.69, 9.17) is 0 Å². The fraction of sp³-hybridized carbons (Fsp3) is 0.333. The van der Waals surface area contributed by atoms with Gasteiger partial charge in [0.05, 0.1) is 11.1 Å². The van der Waals surface area contributed by atoms with Crippen molar-refractivity contribution in [2.45, 2.75) is 39.7 Å². The van der Waals surface area contributed by atoms with Crippen LogP contribution in [0.5, 0.6) is 0 Å². The van der Waals surface area contributed by atoms with E-state index < -0.39 is 29.8 Å². The third kappa shape index (κ3) is 3.83. The van der Waals surface area contributed by atoms with E-state index in [2.05, 4.69) is 5.32 Å². The van der Waals surface area contributed by atoms with Crippen molar-refractivity contribution in [1.82, 2.24) is 9.80 Å². The van der Waals surface area contributed by atoms with E-state index in [1.807, 2.05) is 39.0 Å².